The predicted octanol–water partition coefficient (Wildman–Crippen LogP) is 1.08. The van der Waals surface area contributed by atoms with Crippen LogP contribution in [0.3, 0.4) is 0 Å². The first kappa shape index (κ1) is 6.02. The lowest BCUT2D eigenvalue weighted by Gasteiger charge is -2.09. The normalized spacial score (nSPS) is 47.6. The molecule has 0 aromatic heterocycles. The second kappa shape index (κ2) is 2.02. The largest absolute Gasteiger partial charge is 0.325 e. The molecule has 1 saturated carbocycles. The van der Waals surface area contributed by atoms with Gasteiger partial charge in [0.15, 0.2) is 0 Å². The lowest BCUT2D eigenvalue weighted by molar-refractivity contribution is 0.297. The second-order valence-corrected chi connectivity index (χ2v) is 2.65. The lowest BCUT2D eigenvalue weighted by Crippen LogP contribution is -2.30. The standard InChI is InChI=1S/C6H12FN/c1-4-2-3-5(7)6(4)8/h4-6H,2-3,8H2,1H3/t4-,5+,6+/m1/s1. The average Bonchev–Trinajstić information content (AvgIpc) is 1.98. The van der Waals surface area contributed by atoms with Crippen LogP contribution in [0.15, 0.2) is 0 Å². The van der Waals surface area contributed by atoms with E-state index in [-0.39, 0.29) is 6.04 Å². The third-order valence-corrected chi connectivity index (χ3v) is 1.97. The first-order valence-electron chi connectivity index (χ1n) is 3.11. The SMILES string of the molecule is C[C@@H]1CC[C@H](F)[C@H]1N. The minimum atomic E-state index is -0.731. The summed E-state index contributed by atoms with van der Waals surface area (Å²) in [5, 5.41) is 0. The van der Waals surface area contributed by atoms with E-state index < -0.39 is 6.17 Å². The van der Waals surface area contributed by atoms with Crippen LogP contribution in [-0.4, -0.2) is 12.2 Å². The summed E-state index contributed by atoms with van der Waals surface area (Å²) in [7, 11) is 0. The Morgan fingerprint density at radius 3 is 2.25 bits per heavy atom. The van der Waals surface area contributed by atoms with Gasteiger partial charge in [0.05, 0.1) is 0 Å². The van der Waals surface area contributed by atoms with Gasteiger partial charge >= 0.3 is 0 Å². The van der Waals surface area contributed by atoms with Crippen molar-refractivity contribution in [3.63, 3.8) is 0 Å². The van der Waals surface area contributed by atoms with Gasteiger partial charge in [0.1, 0.15) is 6.17 Å². The van der Waals surface area contributed by atoms with Crippen molar-refractivity contribution in [3.05, 3.63) is 0 Å². The van der Waals surface area contributed by atoms with Gasteiger partial charge in [0, 0.05) is 6.04 Å². The molecule has 0 aromatic rings. The van der Waals surface area contributed by atoms with Crippen LogP contribution in [0.25, 0.3) is 0 Å². The van der Waals surface area contributed by atoms with Gasteiger partial charge < -0.3 is 5.73 Å². The van der Waals surface area contributed by atoms with Crippen molar-refractivity contribution in [1.82, 2.24) is 0 Å². The van der Waals surface area contributed by atoms with Gasteiger partial charge in [-0.05, 0) is 18.8 Å². The fourth-order valence-corrected chi connectivity index (χ4v) is 1.16. The summed E-state index contributed by atoms with van der Waals surface area (Å²) in [6, 6.07) is -0.185. The Balaban J connectivity index is 2.44. The van der Waals surface area contributed by atoms with E-state index >= 15 is 0 Å². The molecule has 2 heteroatoms. The fourth-order valence-electron chi connectivity index (χ4n) is 1.16. The maximum absolute atomic E-state index is 12.4. The summed E-state index contributed by atoms with van der Waals surface area (Å²) in [6.45, 7) is 2.00. The van der Waals surface area contributed by atoms with Crippen LogP contribution < -0.4 is 5.73 Å². The predicted molar refractivity (Wildman–Crippen MR) is 31.3 cm³/mol. The van der Waals surface area contributed by atoms with Gasteiger partial charge in [-0.1, -0.05) is 6.92 Å². The highest BCUT2D eigenvalue weighted by molar-refractivity contribution is 4.84. The molecule has 1 aliphatic rings. The molecule has 0 spiro atoms. The van der Waals surface area contributed by atoms with Crippen molar-refractivity contribution in [2.24, 2.45) is 11.7 Å². The molecule has 0 heterocycles. The van der Waals surface area contributed by atoms with Crippen molar-refractivity contribution in [2.45, 2.75) is 32.0 Å². The molecule has 0 bridgehead atoms. The number of alkyl halides is 1. The van der Waals surface area contributed by atoms with E-state index in [0.717, 1.165) is 6.42 Å². The zero-order valence-electron chi connectivity index (χ0n) is 5.10. The Hall–Kier alpha value is -0.110. The van der Waals surface area contributed by atoms with Crippen molar-refractivity contribution in [2.75, 3.05) is 0 Å². The molecule has 48 valence electrons. The van der Waals surface area contributed by atoms with Crippen molar-refractivity contribution in [3.8, 4) is 0 Å². The van der Waals surface area contributed by atoms with Crippen LogP contribution in [0.4, 0.5) is 4.39 Å². The topological polar surface area (TPSA) is 26.0 Å². The summed E-state index contributed by atoms with van der Waals surface area (Å²) >= 11 is 0. The molecule has 3 atom stereocenters. The van der Waals surface area contributed by atoms with Crippen LogP contribution in [0.5, 0.6) is 0 Å². The number of hydrogen-bond donors (Lipinski definition) is 1. The molecule has 1 fully saturated rings. The highest BCUT2D eigenvalue weighted by atomic mass is 19.1. The maximum atomic E-state index is 12.4. The molecule has 2 N–H and O–H groups in total. The summed E-state index contributed by atoms with van der Waals surface area (Å²) in [5.41, 5.74) is 5.45. The minimum absolute atomic E-state index is 0.185. The van der Waals surface area contributed by atoms with E-state index in [2.05, 4.69) is 0 Å². The molecule has 0 unspecified atom stereocenters. The molecule has 0 saturated heterocycles. The van der Waals surface area contributed by atoms with Gasteiger partial charge in [0.2, 0.25) is 0 Å². The van der Waals surface area contributed by atoms with E-state index in [1.54, 1.807) is 0 Å². The zero-order valence-corrected chi connectivity index (χ0v) is 5.10. The Morgan fingerprint density at radius 2 is 2.12 bits per heavy atom. The molecular weight excluding hydrogens is 105 g/mol. The molecule has 1 nitrogen and oxygen atoms in total. The van der Waals surface area contributed by atoms with E-state index in [0.29, 0.717) is 12.3 Å². The number of rotatable bonds is 0. The van der Waals surface area contributed by atoms with Crippen LogP contribution >= 0.6 is 0 Å². The molecule has 1 rings (SSSR count). The highest BCUT2D eigenvalue weighted by Crippen LogP contribution is 2.25. The van der Waals surface area contributed by atoms with Crippen LogP contribution in [0.2, 0.25) is 0 Å². The van der Waals surface area contributed by atoms with Crippen LogP contribution in [0.1, 0.15) is 19.8 Å². The van der Waals surface area contributed by atoms with Gasteiger partial charge in [-0.15, -0.1) is 0 Å². The third-order valence-electron chi connectivity index (χ3n) is 1.97. The average molecular weight is 117 g/mol. The number of nitrogens with two attached hydrogens (primary N) is 1. The number of halogens is 1. The summed E-state index contributed by atoms with van der Waals surface area (Å²) in [4.78, 5) is 0. The Bertz CT molecular complexity index is 74.6. The second-order valence-electron chi connectivity index (χ2n) is 2.65. The van der Waals surface area contributed by atoms with E-state index in [1.807, 2.05) is 6.92 Å². The maximum Gasteiger partial charge on any atom is 0.115 e. The molecule has 1 aliphatic carbocycles. The Labute approximate surface area is 49.1 Å². The lowest BCUT2D eigenvalue weighted by atomic mass is 10.1. The fraction of sp³-hybridized carbons (Fsp3) is 1.00. The van der Waals surface area contributed by atoms with Gasteiger partial charge in [-0.3, -0.25) is 0 Å². The first-order valence-corrected chi connectivity index (χ1v) is 3.11. The summed E-state index contributed by atoms with van der Waals surface area (Å²) in [5.74, 6) is 0.394. The Morgan fingerprint density at radius 1 is 1.50 bits per heavy atom. The molecule has 0 amide bonds. The summed E-state index contributed by atoms with van der Waals surface area (Å²) < 4.78 is 12.4. The van der Waals surface area contributed by atoms with Crippen LogP contribution in [0, 0.1) is 5.92 Å². The minimum Gasteiger partial charge on any atom is -0.325 e. The first-order chi connectivity index (χ1) is 3.72. The molecule has 0 aromatic carbocycles. The summed E-state index contributed by atoms with van der Waals surface area (Å²) in [6.07, 6.45) is 0.898. The monoisotopic (exact) mass is 117 g/mol. The Kier molecular flexibility index (Phi) is 1.52. The molecule has 0 aliphatic heterocycles. The van der Waals surface area contributed by atoms with Gasteiger partial charge in [-0.2, -0.15) is 0 Å². The van der Waals surface area contributed by atoms with Crippen molar-refractivity contribution >= 4 is 0 Å². The van der Waals surface area contributed by atoms with Crippen LogP contribution in [-0.2, 0) is 0 Å². The van der Waals surface area contributed by atoms with Gasteiger partial charge in [0.25, 0.3) is 0 Å². The third kappa shape index (κ3) is 0.848. The zero-order chi connectivity index (χ0) is 6.15. The molecular formula is C6H12FN. The van der Waals surface area contributed by atoms with Crippen molar-refractivity contribution in [1.29, 1.82) is 0 Å². The van der Waals surface area contributed by atoms with E-state index in [4.69, 9.17) is 5.73 Å². The number of hydrogen-bond acceptors (Lipinski definition) is 1. The van der Waals surface area contributed by atoms with Gasteiger partial charge in [-0.25, -0.2) is 4.39 Å². The highest BCUT2D eigenvalue weighted by Gasteiger charge is 2.29. The van der Waals surface area contributed by atoms with E-state index in [9.17, 15) is 4.39 Å². The molecule has 8 heavy (non-hydrogen) atoms. The quantitative estimate of drug-likeness (QED) is 0.505. The van der Waals surface area contributed by atoms with E-state index in [1.165, 1.54) is 0 Å². The smallest absolute Gasteiger partial charge is 0.115 e. The van der Waals surface area contributed by atoms with Crippen molar-refractivity contribution < 1.29 is 4.39 Å². The molecule has 0 radical (unpaired) electrons.